The standard InChI is InChI=1S/C14H14FNO6S/c1-21-14(18)13-10(17)4-5-16(13)23(19,20)12-7-8-6-9(15)2-3-11(8)22-12/h2-3,6-7,10,13,17H,4-5H2,1H3/t10-,13-/m0/s1. The van der Waals surface area contributed by atoms with Crippen LogP contribution in [0.4, 0.5) is 4.39 Å². The van der Waals surface area contributed by atoms with Crippen molar-refractivity contribution in [2.45, 2.75) is 23.7 Å². The van der Waals surface area contributed by atoms with Gasteiger partial charge in [-0.2, -0.15) is 4.31 Å². The number of carbonyl (C=O) groups is 1. The van der Waals surface area contributed by atoms with Crippen molar-refractivity contribution in [3.05, 3.63) is 30.1 Å². The fourth-order valence-corrected chi connectivity index (χ4v) is 4.22. The predicted molar refractivity (Wildman–Crippen MR) is 76.5 cm³/mol. The van der Waals surface area contributed by atoms with Crippen LogP contribution >= 0.6 is 0 Å². The van der Waals surface area contributed by atoms with Gasteiger partial charge in [0.2, 0.25) is 5.09 Å². The molecule has 1 aromatic carbocycles. The van der Waals surface area contributed by atoms with E-state index in [-0.39, 0.29) is 23.9 Å². The Morgan fingerprint density at radius 1 is 1.43 bits per heavy atom. The molecule has 0 radical (unpaired) electrons. The van der Waals surface area contributed by atoms with E-state index in [4.69, 9.17) is 4.42 Å². The molecular formula is C14H14FNO6S. The van der Waals surface area contributed by atoms with Gasteiger partial charge in [-0.3, -0.25) is 4.79 Å². The van der Waals surface area contributed by atoms with Gasteiger partial charge in [-0.15, -0.1) is 0 Å². The Bertz CT molecular complexity index is 861. The second-order valence-corrected chi connectivity index (χ2v) is 7.01. The fraction of sp³-hybridized carbons (Fsp3) is 0.357. The molecule has 23 heavy (non-hydrogen) atoms. The van der Waals surface area contributed by atoms with Gasteiger partial charge in [-0.05, 0) is 24.6 Å². The second-order valence-electron chi connectivity index (χ2n) is 5.19. The number of carbonyl (C=O) groups excluding carboxylic acids is 1. The molecule has 0 bridgehead atoms. The summed E-state index contributed by atoms with van der Waals surface area (Å²) in [5.41, 5.74) is 0.208. The molecule has 0 aliphatic carbocycles. The summed E-state index contributed by atoms with van der Waals surface area (Å²) in [7, 11) is -3.05. The average Bonchev–Trinajstić information content (AvgIpc) is 3.10. The van der Waals surface area contributed by atoms with Crippen molar-refractivity contribution < 1.29 is 31.9 Å². The van der Waals surface area contributed by atoms with Crippen LogP contribution in [-0.4, -0.2) is 49.6 Å². The first-order valence-corrected chi connectivity index (χ1v) is 8.25. The van der Waals surface area contributed by atoms with Gasteiger partial charge < -0.3 is 14.3 Å². The van der Waals surface area contributed by atoms with Crippen LogP contribution in [0.5, 0.6) is 0 Å². The van der Waals surface area contributed by atoms with Crippen molar-refractivity contribution in [1.82, 2.24) is 4.31 Å². The summed E-state index contributed by atoms with van der Waals surface area (Å²) in [4.78, 5) is 11.8. The number of rotatable bonds is 3. The van der Waals surface area contributed by atoms with Crippen LogP contribution in [0.25, 0.3) is 11.0 Å². The summed E-state index contributed by atoms with van der Waals surface area (Å²) in [6, 6.07) is 3.48. The molecule has 1 aliphatic rings. The summed E-state index contributed by atoms with van der Waals surface area (Å²) in [6.07, 6.45) is -1.05. The molecule has 2 atom stereocenters. The zero-order valence-electron chi connectivity index (χ0n) is 12.1. The van der Waals surface area contributed by atoms with E-state index in [9.17, 15) is 22.7 Å². The van der Waals surface area contributed by atoms with Crippen molar-refractivity contribution in [3.8, 4) is 0 Å². The van der Waals surface area contributed by atoms with E-state index >= 15 is 0 Å². The number of fused-ring (bicyclic) bond motifs is 1. The lowest BCUT2D eigenvalue weighted by Crippen LogP contribution is -2.45. The molecule has 2 heterocycles. The van der Waals surface area contributed by atoms with Gasteiger partial charge in [-0.25, -0.2) is 12.8 Å². The van der Waals surface area contributed by atoms with Crippen LogP contribution in [0.15, 0.2) is 33.8 Å². The third-order valence-electron chi connectivity index (χ3n) is 3.78. The molecule has 9 heteroatoms. The highest BCUT2D eigenvalue weighted by atomic mass is 32.2. The van der Waals surface area contributed by atoms with E-state index in [1.807, 2.05) is 0 Å². The molecule has 1 aliphatic heterocycles. The highest BCUT2D eigenvalue weighted by Gasteiger charge is 2.47. The van der Waals surface area contributed by atoms with E-state index in [0.717, 1.165) is 23.5 Å². The van der Waals surface area contributed by atoms with Crippen LogP contribution in [0, 0.1) is 5.82 Å². The van der Waals surface area contributed by atoms with Gasteiger partial charge in [0, 0.05) is 18.0 Å². The van der Waals surface area contributed by atoms with Gasteiger partial charge >= 0.3 is 5.97 Å². The Morgan fingerprint density at radius 3 is 2.87 bits per heavy atom. The lowest BCUT2D eigenvalue weighted by atomic mass is 10.2. The van der Waals surface area contributed by atoms with E-state index in [1.54, 1.807) is 0 Å². The molecule has 1 saturated heterocycles. The number of aliphatic hydroxyl groups is 1. The van der Waals surface area contributed by atoms with E-state index in [0.29, 0.717) is 0 Å². The number of furan rings is 1. The van der Waals surface area contributed by atoms with Crippen LogP contribution in [-0.2, 0) is 19.6 Å². The molecule has 0 saturated carbocycles. The molecule has 0 spiro atoms. The minimum Gasteiger partial charge on any atom is -0.468 e. The Morgan fingerprint density at radius 2 is 2.17 bits per heavy atom. The maximum Gasteiger partial charge on any atom is 0.326 e. The number of sulfonamides is 1. The average molecular weight is 343 g/mol. The lowest BCUT2D eigenvalue weighted by Gasteiger charge is -2.22. The highest BCUT2D eigenvalue weighted by molar-refractivity contribution is 7.89. The first kappa shape index (κ1) is 15.9. The maximum atomic E-state index is 13.2. The Labute approximate surface area is 131 Å². The van der Waals surface area contributed by atoms with E-state index in [2.05, 4.69) is 4.74 Å². The third kappa shape index (κ3) is 2.60. The summed E-state index contributed by atoms with van der Waals surface area (Å²) < 4.78 is 49.2. The highest BCUT2D eigenvalue weighted by Crippen LogP contribution is 2.30. The van der Waals surface area contributed by atoms with Crippen molar-refractivity contribution in [3.63, 3.8) is 0 Å². The Balaban J connectivity index is 2.04. The number of aliphatic hydroxyl groups excluding tert-OH is 1. The predicted octanol–water partition coefficient (Wildman–Crippen LogP) is 0.869. The van der Waals surface area contributed by atoms with E-state index in [1.165, 1.54) is 12.1 Å². The summed E-state index contributed by atoms with van der Waals surface area (Å²) in [5.74, 6) is -1.37. The van der Waals surface area contributed by atoms with Gasteiger partial charge in [0.15, 0.2) is 0 Å². The number of methoxy groups -OCH3 is 1. The van der Waals surface area contributed by atoms with E-state index < -0.39 is 39.0 Å². The topological polar surface area (TPSA) is 97.0 Å². The molecule has 2 aromatic rings. The van der Waals surface area contributed by atoms with Gasteiger partial charge in [0.25, 0.3) is 10.0 Å². The first-order valence-electron chi connectivity index (χ1n) is 6.81. The Kier molecular flexibility index (Phi) is 3.86. The largest absolute Gasteiger partial charge is 0.468 e. The summed E-state index contributed by atoms with van der Waals surface area (Å²) in [5, 5.41) is 9.73. The monoisotopic (exact) mass is 343 g/mol. The number of hydrogen-bond acceptors (Lipinski definition) is 6. The first-order chi connectivity index (χ1) is 10.8. The quantitative estimate of drug-likeness (QED) is 0.831. The zero-order valence-corrected chi connectivity index (χ0v) is 12.9. The number of halogens is 1. The minimum atomic E-state index is -4.17. The number of nitrogens with zero attached hydrogens (tertiary/aromatic N) is 1. The number of esters is 1. The summed E-state index contributed by atoms with van der Waals surface area (Å²) in [6.45, 7) is -0.0470. The lowest BCUT2D eigenvalue weighted by molar-refractivity contribution is -0.146. The molecule has 3 rings (SSSR count). The van der Waals surface area contributed by atoms with Crippen LogP contribution in [0.2, 0.25) is 0 Å². The van der Waals surface area contributed by atoms with Crippen molar-refractivity contribution >= 4 is 27.0 Å². The minimum absolute atomic E-state index is 0.0470. The molecule has 124 valence electrons. The number of ether oxygens (including phenoxy) is 1. The molecule has 1 fully saturated rings. The number of hydrogen-bond donors (Lipinski definition) is 1. The SMILES string of the molecule is COC(=O)[C@@H]1[C@@H](O)CCN1S(=O)(=O)c1cc2cc(F)ccc2o1. The van der Waals surface area contributed by atoms with Gasteiger partial charge in [-0.1, -0.05) is 0 Å². The van der Waals surface area contributed by atoms with Crippen molar-refractivity contribution in [2.24, 2.45) is 0 Å². The second kappa shape index (κ2) is 5.59. The van der Waals surface area contributed by atoms with Crippen LogP contribution in [0.1, 0.15) is 6.42 Å². The van der Waals surface area contributed by atoms with Crippen LogP contribution < -0.4 is 0 Å². The molecule has 0 unspecified atom stereocenters. The van der Waals surface area contributed by atoms with Crippen molar-refractivity contribution in [2.75, 3.05) is 13.7 Å². The fourth-order valence-electron chi connectivity index (χ4n) is 2.65. The zero-order chi connectivity index (χ0) is 16.8. The van der Waals surface area contributed by atoms with Crippen molar-refractivity contribution in [1.29, 1.82) is 0 Å². The molecule has 1 aromatic heterocycles. The smallest absolute Gasteiger partial charge is 0.326 e. The molecular weight excluding hydrogens is 329 g/mol. The van der Waals surface area contributed by atoms with Crippen LogP contribution in [0.3, 0.4) is 0 Å². The number of benzene rings is 1. The molecule has 7 nitrogen and oxygen atoms in total. The summed E-state index contributed by atoms with van der Waals surface area (Å²) >= 11 is 0. The normalized spacial score (nSPS) is 22.6. The molecule has 0 amide bonds. The maximum absolute atomic E-state index is 13.2. The molecule has 1 N–H and O–H groups in total. The Hall–Kier alpha value is -1.97. The van der Waals surface area contributed by atoms with Gasteiger partial charge in [0.1, 0.15) is 17.4 Å². The third-order valence-corrected chi connectivity index (χ3v) is 5.52. The van der Waals surface area contributed by atoms with Gasteiger partial charge in [0.05, 0.1) is 13.2 Å².